The summed E-state index contributed by atoms with van der Waals surface area (Å²) in [6.45, 7) is 7.43. The number of benzene rings is 3. The van der Waals surface area contributed by atoms with Crippen molar-refractivity contribution in [2.45, 2.75) is 20.8 Å². The Morgan fingerprint density at radius 3 is 2.30 bits per heavy atom. The van der Waals surface area contributed by atoms with Gasteiger partial charge in [0.05, 0.1) is 13.2 Å². The molecular weight excluding hydrogens is 414 g/mol. The Bertz CT molecular complexity index is 1050. The van der Waals surface area contributed by atoms with Crippen molar-refractivity contribution in [2.24, 2.45) is 5.92 Å². The standard InChI is InChI=1S/C27H31N3O3/c1-4-30(24-11-6-5-7-12-24)27(32)21-9-8-10-23(17-21)28-18-26(31)29-22-13-15-25(16-14-22)33-19-20(2)3/h5-17,20,28H,4,18-19H2,1-3H3,(H,29,31). The van der Waals surface area contributed by atoms with E-state index in [1.54, 1.807) is 17.0 Å². The first kappa shape index (κ1) is 23.9. The number of para-hydroxylation sites is 1. The first-order valence-electron chi connectivity index (χ1n) is 11.2. The molecule has 0 aromatic heterocycles. The van der Waals surface area contributed by atoms with E-state index in [2.05, 4.69) is 24.5 Å². The van der Waals surface area contributed by atoms with Gasteiger partial charge in [-0.05, 0) is 67.4 Å². The normalized spacial score (nSPS) is 10.5. The molecule has 0 atom stereocenters. The van der Waals surface area contributed by atoms with Crippen molar-refractivity contribution in [3.8, 4) is 5.75 Å². The predicted octanol–water partition coefficient (Wildman–Crippen LogP) is 5.44. The van der Waals surface area contributed by atoms with E-state index in [1.165, 1.54) is 0 Å². The lowest BCUT2D eigenvalue weighted by Crippen LogP contribution is -2.30. The van der Waals surface area contributed by atoms with Crippen LogP contribution in [0.4, 0.5) is 17.1 Å². The zero-order valence-electron chi connectivity index (χ0n) is 19.4. The number of carbonyl (C=O) groups is 2. The minimum Gasteiger partial charge on any atom is -0.493 e. The number of hydrogen-bond donors (Lipinski definition) is 2. The Morgan fingerprint density at radius 1 is 0.909 bits per heavy atom. The number of hydrogen-bond acceptors (Lipinski definition) is 4. The van der Waals surface area contributed by atoms with Crippen LogP contribution in [0.1, 0.15) is 31.1 Å². The second kappa shape index (κ2) is 11.7. The summed E-state index contributed by atoms with van der Waals surface area (Å²) in [5.74, 6) is 0.962. The molecule has 6 heteroatoms. The van der Waals surface area contributed by atoms with Gasteiger partial charge in [0.15, 0.2) is 0 Å². The summed E-state index contributed by atoms with van der Waals surface area (Å²) in [7, 11) is 0. The topological polar surface area (TPSA) is 70.7 Å². The van der Waals surface area contributed by atoms with Gasteiger partial charge >= 0.3 is 0 Å². The third-order valence-electron chi connectivity index (χ3n) is 4.91. The van der Waals surface area contributed by atoms with Crippen LogP contribution in [-0.4, -0.2) is 31.5 Å². The molecule has 0 unspecified atom stereocenters. The third-order valence-corrected chi connectivity index (χ3v) is 4.91. The predicted molar refractivity (Wildman–Crippen MR) is 134 cm³/mol. The van der Waals surface area contributed by atoms with E-state index in [0.717, 1.165) is 11.4 Å². The lowest BCUT2D eigenvalue weighted by molar-refractivity contribution is -0.114. The minimum atomic E-state index is -0.179. The summed E-state index contributed by atoms with van der Waals surface area (Å²) in [4.78, 5) is 27.1. The van der Waals surface area contributed by atoms with Crippen LogP contribution in [-0.2, 0) is 4.79 Å². The zero-order chi connectivity index (χ0) is 23.6. The summed E-state index contributed by atoms with van der Waals surface area (Å²) in [5.41, 5.74) is 2.81. The van der Waals surface area contributed by atoms with Gasteiger partial charge in [-0.2, -0.15) is 0 Å². The summed E-state index contributed by atoms with van der Waals surface area (Å²) in [6.07, 6.45) is 0. The molecule has 0 aliphatic heterocycles. The average Bonchev–Trinajstić information content (AvgIpc) is 2.83. The second-order valence-corrected chi connectivity index (χ2v) is 8.10. The van der Waals surface area contributed by atoms with Gasteiger partial charge in [-0.1, -0.05) is 38.1 Å². The molecule has 0 radical (unpaired) electrons. The SMILES string of the molecule is CCN(C(=O)c1cccc(NCC(=O)Nc2ccc(OCC(C)C)cc2)c1)c1ccccc1. The average molecular weight is 446 g/mol. The van der Waals surface area contributed by atoms with Crippen molar-refractivity contribution in [1.82, 2.24) is 0 Å². The minimum absolute atomic E-state index is 0.0828. The van der Waals surface area contributed by atoms with E-state index >= 15 is 0 Å². The van der Waals surface area contributed by atoms with Crippen molar-refractivity contribution in [1.29, 1.82) is 0 Å². The van der Waals surface area contributed by atoms with Crippen LogP contribution in [0.5, 0.6) is 5.75 Å². The van der Waals surface area contributed by atoms with E-state index in [1.807, 2.05) is 73.7 Å². The Balaban J connectivity index is 1.56. The maximum Gasteiger partial charge on any atom is 0.258 e. The molecule has 172 valence electrons. The maximum atomic E-state index is 13.0. The molecule has 0 fully saturated rings. The van der Waals surface area contributed by atoms with Crippen LogP contribution >= 0.6 is 0 Å². The molecule has 0 aliphatic rings. The van der Waals surface area contributed by atoms with E-state index in [9.17, 15) is 9.59 Å². The smallest absolute Gasteiger partial charge is 0.258 e. The molecule has 0 heterocycles. The van der Waals surface area contributed by atoms with Crippen LogP contribution < -0.4 is 20.3 Å². The first-order chi connectivity index (χ1) is 16.0. The maximum absolute atomic E-state index is 13.0. The van der Waals surface area contributed by atoms with Crippen molar-refractivity contribution in [2.75, 3.05) is 35.2 Å². The molecule has 3 aromatic carbocycles. The van der Waals surface area contributed by atoms with Gasteiger partial charge in [0, 0.05) is 29.2 Å². The molecule has 0 saturated heterocycles. The highest BCUT2D eigenvalue weighted by atomic mass is 16.5. The van der Waals surface area contributed by atoms with E-state index in [-0.39, 0.29) is 18.4 Å². The van der Waals surface area contributed by atoms with E-state index in [0.29, 0.717) is 36.0 Å². The Hall–Kier alpha value is -3.80. The molecule has 33 heavy (non-hydrogen) atoms. The van der Waals surface area contributed by atoms with Gasteiger partial charge in [-0.25, -0.2) is 0 Å². The number of nitrogens with one attached hydrogen (secondary N) is 2. The number of rotatable bonds is 10. The molecule has 2 amide bonds. The van der Waals surface area contributed by atoms with Gasteiger partial charge in [0.2, 0.25) is 5.91 Å². The van der Waals surface area contributed by atoms with Crippen LogP contribution in [0.25, 0.3) is 0 Å². The van der Waals surface area contributed by atoms with Crippen LogP contribution in [0.2, 0.25) is 0 Å². The largest absolute Gasteiger partial charge is 0.493 e. The van der Waals surface area contributed by atoms with Crippen LogP contribution in [0.15, 0.2) is 78.9 Å². The van der Waals surface area contributed by atoms with Crippen molar-refractivity contribution >= 4 is 28.9 Å². The Labute approximate surface area is 195 Å². The molecule has 0 bridgehead atoms. The monoisotopic (exact) mass is 445 g/mol. The van der Waals surface area contributed by atoms with Gasteiger partial charge < -0.3 is 20.3 Å². The Morgan fingerprint density at radius 2 is 1.64 bits per heavy atom. The molecule has 3 rings (SSSR count). The molecule has 3 aromatic rings. The van der Waals surface area contributed by atoms with Crippen molar-refractivity contribution in [3.63, 3.8) is 0 Å². The van der Waals surface area contributed by atoms with Gasteiger partial charge in [0.1, 0.15) is 5.75 Å². The van der Waals surface area contributed by atoms with Gasteiger partial charge in [0.25, 0.3) is 5.91 Å². The number of amides is 2. The lowest BCUT2D eigenvalue weighted by Gasteiger charge is -2.21. The number of ether oxygens (including phenoxy) is 1. The zero-order valence-corrected chi connectivity index (χ0v) is 19.4. The fourth-order valence-corrected chi connectivity index (χ4v) is 3.25. The lowest BCUT2D eigenvalue weighted by atomic mass is 10.1. The summed E-state index contributed by atoms with van der Waals surface area (Å²) in [5, 5.41) is 5.95. The van der Waals surface area contributed by atoms with E-state index < -0.39 is 0 Å². The Kier molecular flexibility index (Phi) is 8.47. The number of nitrogens with zero attached hydrogens (tertiary/aromatic N) is 1. The molecule has 0 aliphatic carbocycles. The highest BCUT2D eigenvalue weighted by molar-refractivity contribution is 6.06. The van der Waals surface area contributed by atoms with Gasteiger partial charge in [-0.3, -0.25) is 9.59 Å². The molecule has 0 saturated carbocycles. The quantitative estimate of drug-likeness (QED) is 0.436. The van der Waals surface area contributed by atoms with Crippen LogP contribution in [0, 0.1) is 5.92 Å². The highest BCUT2D eigenvalue weighted by Gasteiger charge is 2.16. The van der Waals surface area contributed by atoms with Crippen LogP contribution in [0.3, 0.4) is 0 Å². The summed E-state index contributed by atoms with van der Waals surface area (Å²) >= 11 is 0. The fraction of sp³-hybridized carbons (Fsp3) is 0.259. The first-order valence-corrected chi connectivity index (χ1v) is 11.2. The van der Waals surface area contributed by atoms with E-state index in [4.69, 9.17) is 4.74 Å². The molecule has 6 nitrogen and oxygen atoms in total. The molecule has 2 N–H and O–H groups in total. The molecule has 0 spiro atoms. The summed E-state index contributed by atoms with van der Waals surface area (Å²) < 4.78 is 5.66. The second-order valence-electron chi connectivity index (χ2n) is 8.10. The fourth-order valence-electron chi connectivity index (χ4n) is 3.25. The highest BCUT2D eigenvalue weighted by Crippen LogP contribution is 2.19. The summed E-state index contributed by atoms with van der Waals surface area (Å²) in [6, 6.07) is 24.1. The number of carbonyl (C=O) groups excluding carboxylic acids is 2. The third kappa shape index (κ3) is 7.10. The van der Waals surface area contributed by atoms with Crippen molar-refractivity contribution < 1.29 is 14.3 Å². The van der Waals surface area contributed by atoms with Gasteiger partial charge in [-0.15, -0.1) is 0 Å². The molecular formula is C27H31N3O3. The number of anilines is 3. The van der Waals surface area contributed by atoms with Crippen molar-refractivity contribution in [3.05, 3.63) is 84.4 Å².